The highest BCUT2D eigenvalue weighted by Gasteiger charge is 2.15. The average molecular weight is 418 g/mol. The zero-order valence-electron chi connectivity index (χ0n) is 17.5. The summed E-state index contributed by atoms with van der Waals surface area (Å²) in [6, 6.07) is 19.8. The Labute approximate surface area is 179 Å². The van der Waals surface area contributed by atoms with Gasteiger partial charge in [0.25, 0.3) is 0 Å². The number of benzene rings is 3. The van der Waals surface area contributed by atoms with Crippen LogP contribution in [-0.4, -0.2) is 14.2 Å². The molecule has 4 aromatic rings. The van der Waals surface area contributed by atoms with Gasteiger partial charge in [-0.3, -0.25) is 4.79 Å². The van der Waals surface area contributed by atoms with Crippen LogP contribution >= 0.6 is 0 Å². The van der Waals surface area contributed by atoms with Gasteiger partial charge in [-0.2, -0.15) is 0 Å². The lowest BCUT2D eigenvalue weighted by Crippen LogP contribution is -2.07. The fourth-order valence-corrected chi connectivity index (χ4v) is 3.13. The highest BCUT2D eigenvalue weighted by Crippen LogP contribution is 2.28. The van der Waals surface area contributed by atoms with E-state index in [-0.39, 0.29) is 11.2 Å². The Balaban J connectivity index is 1.55. The van der Waals surface area contributed by atoms with E-state index in [9.17, 15) is 4.79 Å². The number of rotatable bonds is 7. The molecule has 0 aliphatic heterocycles. The zero-order valence-corrected chi connectivity index (χ0v) is 17.5. The third kappa shape index (κ3) is 4.48. The van der Waals surface area contributed by atoms with Crippen LogP contribution < -0.4 is 24.4 Å². The minimum Gasteiger partial charge on any atom is -0.497 e. The van der Waals surface area contributed by atoms with E-state index >= 15 is 0 Å². The van der Waals surface area contributed by atoms with Crippen LogP contribution in [0.15, 0.2) is 75.9 Å². The van der Waals surface area contributed by atoms with E-state index in [2.05, 4.69) is 0 Å². The van der Waals surface area contributed by atoms with Gasteiger partial charge >= 0.3 is 0 Å². The maximum atomic E-state index is 13.0. The number of methoxy groups -OCH3 is 2. The van der Waals surface area contributed by atoms with Gasteiger partial charge in [0.15, 0.2) is 0 Å². The van der Waals surface area contributed by atoms with Crippen molar-refractivity contribution in [2.45, 2.75) is 13.5 Å². The number of hydrogen-bond acceptors (Lipinski definition) is 6. The second-order valence-corrected chi connectivity index (χ2v) is 6.89. The van der Waals surface area contributed by atoms with E-state index in [1.165, 1.54) is 0 Å². The summed E-state index contributed by atoms with van der Waals surface area (Å²) in [4.78, 5) is 13.0. The molecule has 0 N–H and O–H groups in total. The molecule has 0 fully saturated rings. The molecule has 158 valence electrons. The zero-order chi connectivity index (χ0) is 21.8. The molecule has 0 saturated heterocycles. The normalized spacial score (nSPS) is 10.7. The van der Waals surface area contributed by atoms with Gasteiger partial charge in [-0.05, 0) is 61.0 Å². The molecular weight excluding hydrogens is 396 g/mol. The molecule has 0 atom stereocenters. The van der Waals surface area contributed by atoms with Crippen LogP contribution in [0.1, 0.15) is 11.3 Å². The smallest absolute Gasteiger partial charge is 0.235 e. The van der Waals surface area contributed by atoms with E-state index in [0.29, 0.717) is 40.6 Å². The topological polar surface area (TPSA) is 67.1 Å². The predicted octanol–water partition coefficient (Wildman–Crippen LogP) is 5.49. The first-order valence-corrected chi connectivity index (χ1v) is 9.72. The van der Waals surface area contributed by atoms with Gasteiger partial charge in [0.05, 0.1) is 19.6 Å². The molecule has 3 aromatic carbocycles. The Kier molecular flexibility index (Phi) is 5.80. The molecule has 4 rings (SSSR count). The first-order chi connectivity index (χ1) is 15.1. The second-order valence-electron chi connectivity index (χ2n) is 6.89. The molecule has 6 heteroatoms. The summed E-state index contributed by atoms with van der Waals surface area (Å²) < 4.78 is 27.8. The number of hydrogen-bond donors (Lipinski definition) is 0. The van der Waals surface area contributed by atoms with Crippen LogP contribution in [0, 0.1) is 6.92 Å². The summed E-state index contributed by atoms with van der Waals surface area (Å²) in [5.41, 5.74) is 1.20. The highest BCUT2D eigenvalue weighted by atomic mass is 16.5. The van der Waals surface area contributed by atoms with Crippen molar-refractivity contribution in [1.82, 2.24) is 0 Å². The van der Waals surface area contributed by atoms with Crippen LogP contribution in [0.4, 0.5) is 0 Å². The van der Waals surface area contributed by atoms with Crippen molar-refractivity contribution >= 4 is 11.0 Å². The summed E-state index contributed by atoms with van der Waals surface area (Å²) in [5, 5.41) is 0.422. The van der Waals surface area contributed by atoms with Crippen molar-refractivity contribution in [2.24, 2.45) is 0 Å². The number of aryl methyl sites for hydroxylation is 1. The van der Waals surface area contributed by atoms with Gasteiger partial charge < -0.3 is 23.4 Å². The fraction of sp³-hybridized carbons (Fsp3) is 0.160. The standard InChI is InChI=1S/C25H22O6/c1-16-25(31-20-10-8-19(28-3)9-11-20)24(26)22-13-12-21(14-23(22)30-16)29-15-17-4-6-18(27-2)7-5-17/h4-14H,15H2,1-3H3. The molecule has 0 spiro atoms. The maximum absolute atomic E-state index is 13.0. The molecule has 31 heavy (non-hydrogen) atoms. The quantitative estimate of drug-likeness (QED) is 0.395. The first-order valence-electron chi connectivity index (χ1n) is 9.72. The predicted molar refractivity (Wildman–Crippen MR) is 118 cm³/mol. The fourth-order valence-electron chi connectivity index (χ4n) is 3.13. The van der Waals surface area contributed by atoms with Crippen molar-refractivity contribution in [2.75, 3.05) is 14.2 Å². The van der Waals surface area contributed by atoms with Gasteiger partial charge in [0.2, 0.25) is 11.2 Å². The summed E-state index contributed by atoms with van der Waals surface area (Å²) in [6.07, 6.45) is 0. The van der Waals surface area contributed by atoms with Crippen LogP contribution in [-0.2, 0) is 6.61 Å². The third-order valence-electron chi connectivity index (χ3n) is 4.83. The molecule has 1 heterocycles. The molecule has 0 unspecified atom stereocenters. The maximum Gasteiger partial charge on any atom is 0.235 e. The summed E-state index contributed by atoms with van der Waals surface area (Å²) in [7, 11) is 3.22. The minimum absolute atomic E-state index is 0.157. The van der Waals surface area contributed by atoms with E-state index in [1.54, 1.807) is 63.6 Å². The van der Waals surface area contributed by atoms with Crippen LogP contribution in [0.5, 0.6) is 28.7 Å². The number of fused-ring (bicyclic) bond motifs is 1. The molecule has 0 amide bonds. The lowest BCUT2D eigenvalue weighted by Gasteiger charge is -2.11. The van der Waals surface area contributed by atoms with Crippen molar-refractivity contribution in [3.05, 3.63) is 88.3 Å². The van der Waals surface area contributed by atoms with Gasteiger partial charge in [-0.1, -0.05) is 12.1 Å². The van der Waals surface area contributed by atoms with Gasteiger partial charge in [-0.25, -0.2) is 0 Å². The Morgan fingerprint density at radius 1 is 0.774 bits per heavy atom. The van der Waals surface area contributed by atoms with Crippen LogP contribution in [0.2, 0.25) is 0 Å². The van der Waals surface area contributed by atoms with Crippen molar-refractivity contribution in [1.29, 1.82) is 0 Å². The Morgan fingerprint density at radius 3 is 2.00 bits per heavy atom. The molecule has 1 aromatic heterocycles. The lowest BCUT2D eigenvalue weighted by atomic mass is 10.2. The summed E-state index contributed by atoms with van der Waals surface area (Å²) in [5.74, 6) is 3.17. The van der Waals surface area contributed by atoms with Crippen molar-refractivity contribution in [3.8, 4) is 28.7 Å². The van der Waals surface area contributed by atoms with Crippen LogP contribution in [0.3, 0.4) is 0 Å². The monoisotopic (exact) mass is 418 g/mol. The Hall–Kier alpha value is -3.93. The number of ether oxygens (including phenoxy) is 4. The molecule has 0 radical (unpaired) electrons. The Morgan fingerprint density at radius 2 is 1.35 bits per heavy atom. The van der Waals surface area contributed by atoms with Gasteiger partial charge in [-0.15, -0.1) is 0 Å². The molecule has 0 saturated carbocycles. The molecule has 0 aliphatic carbocycles. The largest absolute Gasteiger partial charge is 0.497 e. The average Bonchev–Trinajstić information content (AvgIpc) is 2.81. The van der Waals surface area contributed by atoms with E-state index < -0.39 is 0 Å². The van der Waals surface area contributed by atoms with E-state index in [0.717, 1.165) is 11.3 Å². The van der Waals surface area contributed by atoms with Crippen LogP contribution in [0.25, 0.3) is 11.0 Å². The third-order valence-corrected chi connectivity index (χ3v) is 4.83. The summed E-state index contributed by atoms with van der Waals surface area (Å²) in [6.45, 7) is 2.09. The van der Waals surface area contributed by atoms with E-state index in [1.807, 2.05) is 24.3 Å². The van der Waals surface area contributed by atoms with Gasteiger partial charge in [0, 0.05) is 6.07 Å². The SMILES string of the molecule is COc1ccc(COc2ccc3c(=O)c(Oc4ccc(OC)cc4)c(C)oc3c2)cc1. The molecule has 6 nitrogen and oxygen atoms in total. The van der Waals surface area contributed by atoms with Gasteiger partial charge in [0.1, 0.15) is 40.9 Å². The lowest BCUT2D eigenvalue weighted by molar-refractivity contribution is 0.306. The highest BCUT2D eigenvalue weighted by molar-refractivity contribution is 5.79. The minimum atomic E-state index is -0.240. The summed E-state index contributed by atoms with van der Waals surface area (Å²) >= 11 is 0. The molecule has 0 bridgehead atoms. The first kappa shape index (κ1) is 20.3. The van der Waals surface area contributed by atoms with Crippen molar-refractivity contribution < 1.29 is 23.4 Å². The molecular formula is C25H22O6. The van der Waals surface area contributed by atoms with Crippen molar-refractivity contribution in [3.63, 3.8) is 0 Å². The second kappa shape index (κ2) is 8.83. The molecule has 0 aliphatic rings. The van der Waals surface area contributed by atoms with E-state index in [4.69, 9.17) is 23.4 Å². The Bertz CT molecular complexity index is 1240.